The van der Waals surface area contributed by atoms with Crippen LogP contribution in [0.2, 0.25) is 0 Å². The number of halogens is 2. The zero-order valence-electron chi connectivity index (χ0n) is 10.4. The molecule has 1 unspecified atom stereocenters. The van der Waals surface area contributed by atoms with E-state index in [1.165, 1.54) is 17.7 Å². The molecule has 0 aliphatic rings. The molecule has 3 nitrogen and oxygen atoms in total. The van der Waals surface area contributed by atoms with E-state index in [9.17, 15) is 13.9 Å². The second-order valence-electron chi connectivity index (χ2n) is 4.34. The predicted molar refractivity (Wildman–Crippen MR) is 63.1 cm³/mol. The van der Waals surface area contributed by atoms with E-state index < -0.39 is 17.7 Å². The SMILES string of the molecule is Cc1ccc(F)c(C(O)c2cn(C)nc2C)c1F. The Morgan fingerprint density at radius 2 is 1.94 bits per heavy atom. The molecule has 0 saturated carbocycles. The fraction of sp³-hybridized carbons (Fsp3) is 0.308. The van der Waals surface area contributed by atoms with E-state index in [0.29, 0.717) is 16.8 Å². The van der Waals surface area contributed by atoms with Crippen molar-refractivity contribution in [3.05, 3.63) is 52.3 Å². The molecule has 5 heteroatoms. The molecule has 0 saturated heterocycles. The highest BCUT2D eigenvalue weighted by Gasteiger charge is 2.23. The lowest BCUT2D eigenvalue weighted by Gasteiger charge is -2.13. The molecule has 0 aliphatic heterocycles. The van der Waals surface area contributed by atoms with Crippen molar-refractivity contribution in [2.75, 3.05) is 0 Å². The van der Waals surface area contributed by atoms with Crippen molar-refractivity contribution < 1.29 is 13.9 Å². The highest BCUT2D eigenvalue weighted by atomic mass is 19.1. The Hall–Kier alpha value is -1.75. The lowest BCUT2D eigenvalue weighted by atomic mass is 9.99. The van der Waals surface area contributed by atoms with E-state index in [-0.39, 0.29) is 5.56 Å². The number of aliphatic hydroxyl groups excluding tert-OH is 1. The standard InChI is InChI=1S/C13H14F2N2O/c1-7-4-5-10(14)11(12(7)15)13(18)9-6-17(3)16-8(9)2/h4-6,13,18H,1-3H3. The number of aromatic nitrogens is 2. The van der Waals surface area contributed by atoms with E-state index in [0.717, 1.165) is 6.07 Å². The van der Waals surface area contributed by atoms with Crippen LogP contribution in [0.25, 0.3) is 0 Å². The highest BCUT2D eigenvalue weighted by Crippen LogP contribution is 2.29. The number of nitrogens with zero attached hydrogens (tertiary/aromatic N) is 2. The molecule has 0 radical (unpaired) electrons. The Morgan fingerprint density at radius 3 is 2.50 bits per heavy atom. The molecule has 0 bridgehead atoms. The van der Waals surface area contributed by atoms with Crippen LogP contribution in [0.5, 0.6) is 0 Å². The lowest BCUT2D eigenvalue weighted by Crippen LogP contribution is -2.07. The number of benzene rings is 1. The Morgan fingerprint density at radius 1 is 1.28 bits per heavy atom. The monoisotopic (exact) mass is 252 g/mol. The summed E-state index contributed by atoms with van der Waals surface area (Å²) in [5, 5.41) is 14.2. The zero-order valence-corrected chi connectivity index (χ0v) is 10.4. The van der Waals surface area contributed by atoms with Crippen LogP contribution in [0.15, 0.2) is 18.3 Å². The van der Waals surface area contributed by atoms with E-state index in [1.807, 2.05) is 0 Å². The van der Waals surface area contributed by atoms with Crippen LogP contribution in [-0.2, 0) is 7.05 Å². The van der Waals surface area contributed by atoms with Gasteiger partial charge in [0, 0.05) is 18.8 Å². The maximum Gasteiger partial charge on any atom is 0.135 e. The first-order valence-corrected chi connectivity index (χ1v) is 5.54. The molecule has 2 aromatic rings. The van der Waals surface area contributed by atoms with Crippen LogP contribution in [0, 0.1) is 25.5 Å². The minimum atomic E-state index is -1.35. The van der Waals surface area contributed by atoms with E-state index in [4.69, 9.17) is 0 Å². The summed E-state index contributed by atoms with van der Waals surface area (Å²) in [4.78, 5) is 0. The van der Waals surface area contributed by atoms with Gasteiger partial charge < -0.3 is 5.11 Å². The van der Waals surface area contributed by atoms with Gasteiger partial charge in [-0.2, -0.15) is 5.10 Å². The number of hydrogen-bond donors (Lipinski definition) is 1. The molecule has 0 aliphatic carbocycles. The largest absolute Gasteiger partial charge is 0.383 e. The molecule has 18 heavy (non-hydrogen) atoms. The summed E-state index contributed by atoms with van der Waals surface area (Å²) < 4.78 is 29.1. The smallest absolute Gasteiger partial charge is 0.135 e. The second kappa shape index (κ2) is 4.49. The number of hydrogen-bond acceptors (Lipinski definition) is 2. The average molecular weight is 252 g/mol. The van der Waals surface area contributed by atoms with Crippen LogP contribution in [0.1, 0.15) is 28.5 Å². The first-order chi connectivity index (χ1) is 8.41. The van der Waals surface area contributed by atoms with Gasteiger partial charge in [0.25, 0.3) is 0 Å². The summed E-state index contributed by atoms with van der Waals surface area (Å²) in [5.41, 5.74) is 0.921. The third-order valence-electron chi connectivity index (χ3n) is 2.94. The van der Waals surface area contributed by atoms with Gasteiger partial charge in [-0.15, -0.1) is 0 Å². The number of aliphatic hydroxyl groups is 1. The number of aryl methyl sites for hydroxylation is 3. The fourth-order valence-electron chi connectivity index (χ4n) is 1.97. The fourth-order valence-corrected chi connectivity index (χ4v) is 1.97. The summed E-state index contributed by atoms with van der Waals surface area (Å²) in [7, 11) is 1.69. The summed E-state index contributed by atoms with van der Waals surface area (Å²) >= 11 is 0. The van der Waals surface area contributed by atoms with Crippen molar-refractivity contribution in [3.8, 4) is 0 Å². The molecule has 0 spiro atoms. The molecular formula is C13H14F2N2O. The molecule has 1 aromatic carbocycles. The topological polar surface area (TPSA) is 38.0 Å². The van der Waals surface area contributed by atoms with Crippen molar-refractivity contribution in [3.63, 3.8) is 0 Å². The zero-order chi connectivity index (χ0) is 13.4. The second-order valence-corrected chi connectivity index (χ2v) is 4.34. The molecule has 0 amide bonds. The molecule has 2 rings (SSSR count). The van der Waals surface area contributed by atoms with Crippen LogP contribution in [0.3, 0.4) is 0 Å². The van der Waals surface area contributed by atoms with Crippen molar-refractivity contribution in [1.82, 2.24) is 9.78 Å². The van der Waals surface area contributed by atoms with Crippen LogP contribution >= 0.6 is 0 Å². The predicted octanol–water partition coefficient (Wildman–Crippen LogP) is 2.40. The van der Waals surface area contributed by atoms with E-state index in [2.05, 4.69) is 5.10 Å². The minimum absolute atomic E-state index is 0.298. The lowest BCUT2D eigenvalue weighted by molar-refractivity contribution is 0.208. The Balaban J connectivity index is 2.56. The quantitative estimate of drug-likeness (QED) is 0.891. The van der Waals surface area contributed by atoms with Gasteiger partial charge in [0.15, 0.2) is 0 Å². The minimum Gasteiger partial charge on any atom is -0.383 e. The summed E-state index contributed by atoms with van der Waals surface area (Å²) in [6, 6.07) is 2.50. The maximum atomic E-state index is 13.9. The average Bonchev–Trinajstić information content (AvgIpc) is 2.63. The summed E-state index contributed by atoms with van der Waals surface area (Å²) in [6.45, 7) is 3.21. The maximum absolute atomic E-state index is 13.9. The number of rotatable bonds is 2. The molecule has 0 fully saturated rings. The van der Waals surface area contributed by atoms with Gasteiger partial charge in [0.2, 0.25) is 0 Å². The summed E-state index contributed by atoms with van der Waals surface area (Å²) in [5.74, 6) is -1.47. The van der Waals surface area contributed by atoms with Crippen molar-refractivity contribution in [2.45, 2.75) is 20.0 Å². The Bertz CT molecular complexity index is 593. The molecule has 1 heterocycles. The molecule has 1 aromatic heterocycles. The van der Waals surface area contributed by atoms with Gasteiger partial charge in [0.1, 0.15) is 17.7 Å². The van der Waals surface area contributed by atoms with Gasteiger partial charge in [0.05, 0.1) is 11.3 Å². The molecule has 96 valence electrons. The Kier molecular flexibility index (Phi) is 3.17. The van der Waals surface area contributed by atoms with E-state index >= 15 is 0 Å². The normalized spacial score (nSPS) is 12.8. The van der Waals surface area contributed by atoms with Crippen molar-refractivity contribution in [2.24, 2.45) is 7.05 Å². The van der Waals surface area contributed by atoms with Gasteiger partial charge in [-0.1, -0.05) is 6.07 Å². The van der Waals surface area contributed by atoms with E-state index in [1.54, 1.807) is 20.2 Å². The van der Waals surface area contributed by atoms with Crippen LogP contribution in [0.4, 0.5) is 8.78 Å². The van der Waals surface area contributed by atoms with Gasteiger partial charge >= 0.3 is 0 Å². The Labute approximate surface area is 104 Å². The van der Waals surface area contributed by atoms with Crippen molar-refractivity contribution in [1.29, 1.82) is 0 Å². The van der Waals surface area contributed by atoms with Crippen LogP contribution in [-0.4, -0.2) is 14.9 Å². The third kappa shape index (κ3) is 2.01. The highest BCUT2D eigenvalue weighted by molar-refractivity contribution is 5.35. The first-order valence-electron chi connectivity index (χ1n) is 5.54. The van der Waals surface area contributed by atoms with Crippen LogP contribution < -0.4 is 0 Å². The third-order valence-corrected chi connectivity index (χ3v) is 2.94. The summed E-state index contributed by atoms with van der Waals surface area (Å²) in [6.07, 6.45) is 0.208. The van der Waals surface area contributed by atoms with Gasteiger partial charge in [-0.05, 0) is 25.5 Å². The molecular weight excluding hydrogens is 238 g/mol. The van der Waals surface area contributed by atoms with Gasteiger partial charge in [-0.25, -0.2) is 8.78 Å². The van der Waals surface area contributed by atoms with Gasteiger partial charge in [-0.3, -0.25) is 4.68 Å². The van der Waals surface area contributed by atoms with Crippen molar-refractivity contribution >= 4 is 0 Å². The molecule has 1 atom stereocenters. The molecule has 1 N–H and O–H groups in total. The first kappa shape index (κ1) is 12.7.